The Hall–Kier alpha value is 0.571. The standard InChI is InChI=1S/C2H4O2.Li.3H2O.Zn.H/c1-2(3)4;;;;;;/h1H3,(H,3,4);;3*1H2;;. The molecule has 0 aliphatic heterocycles. The van der Waals surface area contributed by atoms with E-state index in [2.05, 4.69) is 0 Å². The smallest absolute Gasteiger partial charge is 0 e. The maximum absolute atomic E-state index is 9.00. The first-order chi connectivity index (χ1) is 1.73. The Morgan fingerprint density at radius 3 is 1.22 bits per heavy atom. The fourth-order valence-electron chi connectivity index (χ4n) is 0. The number of aliphatic carboxylic acids is 1. The van der Waals surface area contributed by atoms with E-state index in [1.54, 1.807) is 0 Å². The second kappa shape index (κ2) is 38.5. The Morgan fingerprint density at radius 1 is 1.22 bits per heavy atom. The maximum Gasteiger partial charge on any atom is 0 e. The van der Waals surface area contributed by atoms with Crippen molar-refractivity contribution in [1.82, 2.24) is 0 Å². The van der Waals surface area contributed by atoms with E-state index in [0.717, 1.165) is 6.92 Å². The number of rotatable bonds is 0. The van der Waals surface area contributed by atoms with Crippen molar-refractivity contribution >= 4 is 24.8 Å². The largest absolute Gasteiger partial charge is 0 e. The normalized spacial score (nSPS) is 2.78. The summed E-state index contributed by atoms with van der Waals surface area (Å²) in [6.45, 7) is 1.08. The van der Waals surface area contributed by atoms with Crippen LogP contribution in [0.1, 0.15) is 6.92 Å². The van der Waals surface area contributed by atoms with Crippen molar-refractivity contribution in [2.24, 2.45) is 0 Å². The van der Waals surface area contributed by atoms with E-state index in [4.69, 9.17) is 9.90 Å². The molecule has 9 heavy (non-hydrogen) atoms. The molecule has 0 aromatic carbocycles. The first-order valence-electron chi connectivity index (χ1n) is 0.928. The molecule has 0 saturated heterocycles. The van der Waals surface area contributed by atoms with Crippen LogP contribution < -0.4 is 0 Å². The van der Waals surface area contributed by atoms with Crippen molar-refractivity contribution in [3.05, 3.63) is 0 Å². The van der Waals surface area contributed by atoms with E-state index in [1.807, 2.05) is 0 Å². The first-order valence-corrected chi connectivity index (χ1v) is 0.928. The Bertz CT molecular complexity index is 37.9. The van der Waals surface area contributed by atoms with Gasteiger partial charge in [-0.15, -0.1) is 0 Å². The van der Waals surface area contributed by atoms with Gasteiger partial charge in [0.2, 0.25) is 0 Å². The predicted octanol–water partition coefficient (Wildman–Crippen LogP) is -3.03. The van der Waals surface area contributed by atoms with Gasteiger partial charge in [0.05, 0.1) is 0 Å². The van der Waals surface area contributed by atoms with Crippen LogP contribution in [0.25, 0.3) is 0 Å². The van der Waals surface area contributed by atoms with E-state index >= 15 is 0 Å². The Kier molecular flexibility index (Phi) is 236. The molecule has 0 aromatic rings. The van der Waals surface area contributed by atoms with Crippen LogP contribution in [0.4, 0.5) is 0 Å². The third-order valence-electron chi connectivity index (χ3n) is 0. The van der Waals surface area contributed by atoms with Crippen molar-refractivity contribution in [2.75, 3.05) is 0 Å². The van der Waals surface area contributed by atoms with Gasteiger partial charge in [-0.1, -0.05) is 0 Å². The molecule has 0 bridgehead atoms. The van der Waals surface area contributed by atoms with E-state index in [1.165, 1.54) is 0 Å². The minimum absolute atomic E-state index is 0. The Balaban J connectivity index is -0.00000000450. The van der Waals surface area contributed by atoms with Gasteiger partial charge in [-0.05, 0) is 0 Å². The molecule has 0 amide bonds. The molecule has 0 unspecified atom stereocenters. The van der Waals surface area contributed by atoms with Crippen molar-refractivity contribution in [3.63, 3.8) is 0 Å². The average Bonchev–Trinajstić information content (AvgIpc) is 0.811. The van der Waals surface area contributed by atoms with Crippen LogP contribution >= 0.6 is 0 Å². The van der Waals surface area contributed by atoms with Crippen molar-refractivity contribution < 1.29 is 45.8 Å². The third-order valence-corrected chi connectivity index (χ3v) is 0. The van der Waals surface area contributed by atoms with Gasteiger partial charge in [0.15, 0.2) is 0 Å². The fraction of sp³-hybridized carbons (Fsp3) is 0.500. The molecule has 0 aromatic heterocycles. The van der Waals surface area contributed by atoms with Gasteiger partial charge in [-0.25, -0.2) is 0 Å². The van der Waals surface area contributed by atoms with Gasteiger partial charge in [0, 0.05) is 26.4 Å². The molecule has 7 N–H and O–H groups in total. The summed E-state index contributed by atoms with van der Waals surface area (Å²) in [7, 11) is 0. The molecular formula is C2H11LiO5Zn. The summed E-state index contributed by atoms with van der Waals surface area (Å²) < 4.78 is 0. The van der Waals surface area contributed by atoms with Gasteiger partial charge in [-0.3, -0.25) is 4.79 Å². The Labute approximate surface area is 77.7 Å². The van der Waals surface area contributed by atoms with Gasteiger partial charge in [0.1, 0.15) is 0 Å². The van der Waals surface area contributed by atoms with Gasteiger partial charge >= 0.3 is 18.9 Å². The molecule has 0 spiro atoms. The van der Waals surface area contributed by atoms with Gasteiger partial charge < -0.3 is 21.5 Å². The van der Waals surface area contributed by atoms with Crippen LogP contribution in [0.15, 0.2) is 0 Å². The molecule has 0 fully saturated rings. The summed E-state index contributed by atoms with van der Waals surface area (Å²) in [5.74, 6) is -0.833. The molecule has 5 nitrogen and oxygen atoms in total. The molecular weight excluding hydrogens is 176 g/mol. The number of hydrogen-bond acceptors (Lipinski definition) is 1. The molecule has 0 aliphatic rings. The second-order valence-electron chi connectivity index (χ2n) is 0.519. The summed E-state index contributed by atoms with van der Waals surface area (Å²) >= 11 is 0. The average molecular weight is 187 g/mol. The Morgan fingerprint density at radius 2 is 1.22 bits per heavy atom. The van der Waals surface area contributed by atoms with Crippen LogP contribution in [0.5, 0.6) is 0 Å². The minimum Gasteiger partial charge on any atom is 0 e. The zero-order chi connectivity index (χ0) is 3.58. The zero-order valence-corrected chi connectivity index (χ0v) is 7.53. The molecule has 7 heteroatoms. The van der Waals surface area contributed by atoms with Crippen molar-refractivity contribution in [3.8, 4) is 0 Å². The number of carboxylic acids is 1. The predicted molar refractivity (Wildman–Crippen MR) is 31.3 cm³/mol. The van der Waals surface area contributed by atoms with Gasteiger partial charge in [-0.2, -0.15) is 0 Å². The summed E-state index contributed by atoms with van der Waals surface area (Å²) in [6, 6.07) is 0. The number of hydrogen-bond donors (Lipinski definition) is 1. The van der Waals surface area contributed by atoms with Crippen LogP contribution in [0.3, 0.4) is 0 Å². The van der Waals surface area contributed by atoms with E-state index in [0.29, 0.717) is 0 Å². The van der Waals surface area contributed by atoms with Crippen LogP contribution in [0, 0.1) is 0 Å². The van der Waals surface area contributed by atoms with E-state index < -0.39 is 5.97 Å². The molecule has 0 atom stereocenters. The van der Waals surface area contributed by atoms with Crippen molar-refractivity contribution in [2.45, 2.75) is 6.92 Å². The van der Waals surface area contributed by atoms with Crippen LogP contribution in [-0.4, -0.2) is 46.4 Å². The summed E-state index contributed by atoms with van der Waals surface area (Å²) in [4.78, 5) is 9.00. The van der Waals surface area contributed by atoms with Gasteiger partial charge in [0.25, 0.3) is 5.97 Å². The zero-order valence-electron chi connectivity index (χ0n) is 4.56. The molecule has 0 aliphatic carbocycles. The quantitative estimate of drug-likeness (QED) is 0.404. The summed E-state index contributed by atoms with van der Waals surface area (Å²) in [5.41, 5.74) is 0. The maximum atomic E-state index is 9.00. The SMILES string of the molecule is CC(=O)O.O.O.O.[LiH].[Zn]. The molecule has 0 radical (unpaired) electrons. The number of carboxylic acid groups (broad SMARTS) is 1. The molecule has 0 rings (SSSR count). The van der Waals surface area contributed by atoms with E-state index in [9.17, 15) is 0 Å². The molecule has 0 heterocycles. The summed E-state index contributed by atoms with van der Waals surface area (Å²) in [6.07, 6.45) is 0. The number of carbonyl (C=O) groups is 1. The minimum atomic E-state index is -0.833. The van der Waals surface area contributed by atoms with Crippen LogP contribution in [-0.2, 0) is 24.3 Å². The van der Waals surface area contributed by atoms with Crippen LogP contribution in [0.2, 0.25) is 0 Å². The topological polar surface area (TPSA) is 132 Å². The molecule has 0 saturated carbocycles. The second-order valence-corrected chi connectivity index (χ2v) is 0.519. The first kappa shape index (κ1) is 55.1. The van der Waals surface area contributed by atoms with E-state index in [-0.39, 0.29) is 54.8 Å². The van der Waals surface area contributed by atoms with Crippen molar-refractivity contribution in [1.29, 1.82) is 0 Å². The monoisotopic (exact) mass is 186 g/mol. The summed E-state index contributed by atoms with van der Waals surface area (Å²) in [5, 5.41) is 7.42. The molecule has 52 valence electrons. The fourth-order valence-corrected chi connectivity index (χ4v) is 0. The third kappa shape index (κ3) is 1140.